The summed E-state index contributed by atoms with van der Waals surface area (Å²) in [4.78, 5) is 0. The Kier molecular flexibility index (Phi) is 5.85. The molecular weight excluding hydrogens is 300 g/mol. The van der Waals surface area contributed by atoms with Crippen molar-refractivity contribution < 1.29 is 23.7 Å². The van der Waals surface area contributed by atoms with E-state index in [1.54, 1.807) is 6.08 Å². The molecule has 5 nitrogen and oxygen atoms in total. The summed E-state index contributed by atoms with van der Waals surface area (Å²) >= 11 is 0. The van der Waals surface area contributed by atoms with Crippen molar-refractivity contribution in [3.05, 3.63) is 12.2 Å². The highest BCUT2D eigenvalue weighted by Crippen LogP contribution is 2.37. The van der Waals surface area contributed by atoms with Gasteiger partial charge in [0, 0.05) is 6.42 Å². The van der Waals surface area contributed by atoms with Crippen molar-refractivity contribution >= 4 is 8.32 Å². The molecule has 2 aliphatic rings. The van der Waals surface area contributed by atoms with Gasteiger partial charge in [-0.05, 0) is 18.1 Å². The summed E-state index contributed by atoms with van der Waals surface area (Å²) in [5.74, 6) is 0. The van der Waals surface area contributed by atoms with Crippen LogP contribution in [0.25, 0.3) is 0 Å². The minimum Gasteiger partial charge on any atom is -0.414 e. The predicted molar refractivity (Wildman–Crippen MR) is 87.3 cm³/mol. The summed E-state index contributed by atoms with van der Waals surface area (Å²) < 4.78 is 23.1. The average Bonchev–Trinajstić information content (AvgIpc) is 2.91. The molecule has 0 unspecified atom stereocenters. The largest absolute Gasteiger partial charge is 0.414 e. The van der Waals surface area contributed by atoms with E-state index in [1.807, 2.05) is 6.08 Å². The second-order valence-corrected chi connectivity index (χ2v) is 12.4. The van der Waals surface area contributed by atoms with E-state index < -0.39 is 14.4 Å². The lowest BCUT2D eigenvalue weighted by Crippen LogP contribution is -2.46. The highest BCUT2D eigenvalue weighted by atomic mass is 28.4. The van der Waals surface area contributed by atoms with E-state index in [9.17, 15) is 5.11 Å². The van der Waals surface area contributed by atoms with Crippen LogP contribution in [0.2, 0.25) is 18.1 Å². The van der Waals surface area contributed by atoms with Gasteiger partial charge in [0.05, 0.1) is 25.9 Å². The number of aliphatic hydroxyl groups excluding tert-OH is 1. The van der Waals surface area contributed by atoms with Crippen LogP contribution in [0, 0.1) is 0 Å². The van der Waals surface area contributed by atoms with Crippen LogP contribution in [0.5, 0.6) is 0 Å². The molecule has 0 aromatic rings. The molecule has 0 spiro atoms. The van der Waals surface area contributed by atoms with Crippen molar-refractivity contribution in [3.63, 3.8) is 0 Å². The van der Waals surface area contributed by atoms with Gasteiger partial charge in [0.2, 0.25) is 0 Å². The van der Waals surface area contributed by atoms with Gasteiger partial charge in [-0.25, -0.2) is 0 Å². The van der Waals surface area contributed by atoms with E-state index in [-0.39, 0.29) is 23.5 Å². The Balaban J connectivity index is 1.86. The van der Waals surface area contributed by atoms with Crippen molar-refractivity contribution in [2.75, 3.05) is 19.8 Å². The van der Waals surface area contributed by atoms with Crippen LogP contribution in [-0.2, 0) is 18.6 Å². The van der Waals surface area contributed by atoms with Gasteiger partial charge in [0.1, 0.15) is 12.2 Å². The molecule has 0 aliphatic carbocycles. The average molecular weight is 330 g/mol. The van der Waals surface area contributed by atoms with Crippen LogP contribution in [0.4, 0.5) is 0 Å². The van der Waals surface area contributed by atoms with Crippen LogP contribution in [-0.4, -0.2) is 57.8 Å². The van der Waals surface area contributed by atoms with Crippen LogP contribution >= 0.6 is 0 Å². The molecule has 128 valence electrons. The summed E-state index contributed by atoms with van der Waals surface area (Å²) in [6, 6.07) is 0. The Bertz CT molecular complexity index is 384. The zero-order valence-electron chi connectivity index (χ0n) is 14.4. The molecule has 0 amide bonds. The lowest BCUT2D eigenvalue weighted by atomic mass is 10.1. The zero-order chi connectivity index (χ0) is 16.4. The fraction of sp³-hybridized carbons (Fsp3) is 0.875. The molecule has 0 radical (unpaired) electrons. The molecule has 2 rings (SSSR count). The Labute approximate surface area is 134 Å². The summed E-state index contributed by atoms with van der Waals surface area (Å²) in [7, 11) is -1.84. The molecule has 1 fully saturated rings. The van der Waals surface area contributed by atoms with Gasteiger partial charge in [0.15, 0.2) is 14.6 Å². The van der Waals surface area contributed by atoms with E-state index in [0.29, 0.717) is 26.2 Å². The van der Waals surface area contributed by atoms with Crippen LogP contribution < -0.4 is 0 Å². The summed E-state index contributed by atoms with van der Waals surface area (Å²) in [5, 5.41) is 10.3. The lowest BCUT2D eigenvalue weighted by molar-refractivity contribution is -0.117. The van der Waals surface area contributed by atoms with E-state index in [4.69, 9.17) is 18.6 Å². The van der Waals surface area contributed by atoms with Gasteiger partial charge in [-0.3, -0.25) is 0 Å². The number of ether oxygens (including phenoxy) is 3. The molecule has 2 aliphatic heterocycles. The first-order valence-electron chi connectivity index (χ1n) is 8.08. The minimum atomic E-state index is -1.84. The third kappa shape index (κ3) is 4.63. The summed E-state index contributed by atoms with van der Waals surface area (Å²) in [6.07, 6.45) is 3.09. The first kappa shape index (κ1) is 18.1. The fourth-order valence-corrected chi connectivity index (χ4v) is 3.24. The number of aliphatic hydroxyl groups is 1. The quantitative estimate of drug-likeness (QED) is 0.620. The van der Waals surface area contributed by atoms with Gasteiger partial charge in [-0.15, -0.1) is 0 Å². The maximum atomic E-state index is 10.1. The van der Waals surface area contributed by atoms with Gasteiger partial charge in [-0.2, -0.15) is 0 Å². The van der Waals surface area contributed by atoms with E-state index in [0.717, 1.165) is 0 Å². The Morgan fingerprint density at radius 3 is 2.41 bits per heavy atom. The first-order chi connectivity index (χ1) is 10.2. The molecule has 0 saturated carbocycles. The molecule has 0 aromatic carbocycles. The summed E-state index contributed by atoms with van der Waals surface area (Å²) in [6.45, 7) is 12.7. The number of rotatable bonds is 5. The Morgan fingerprint density at radius 1 is 1.18 bits per heavy atom. The molecule has 1 saturated heterocycles. The third-order valence-corrected chi connectivity index (χ3v) is 9.28. The van der Waals surface area contributed by atoms with Crippen LogP contribution in [0.3, 0.4) is 0 Å². The monoisotopic (exact) mass is 330 g/mol. The Morgan fingerprint density at radius 2 is 1.82 bits per heavy atom. The highest BCUT2D eigenvalue weighted by molar-refractivity contribution is 6.74. The van der Waals surface area contributed by atoms with Crippen LogP contribution in [0.15, 0.2) is 12.2 Å². The van der Waals surface area contributed by atoms with Crippen molar-refractivity contribution in [2.45, 2.75) is 69.9 Å². The number of hydrogen-bond donors (Lipinski definition) is 1. The van der Waals surface area contributed by atoms with Crippen molar-refractivity contribution in [3.8, 4) is 0 Å². The van der Waals surface area contributed by atoms with Crippen molar-refractivity contribution in [1.82, 2.24) is 0 Å². The summed E-state index contributed by atoms with van der Waals surface area (Å²) in [5.41, 5.74) is 0. The molecule has 6 heteroatoms. The standard InChI is InChI=1S/C16H30O5Si/c1-16(2,3)22(4,5)20-11-14-13(17)7-6-12(21-14)10-15-18-8-9-19-15/h6-7,12-15,17H,8-11H2,1-5H3/t12-,13-,14+/m0/s1. The second-order valence-electron chi connectivity index (χ2n) is 7.57. The SMILES string of the molecule is CC(C)(C)[Si](C)(C)OC[C@H]1O[C@H](CC2OCCO2)C=C[C@@H]1O. The Hall–Kier alpha value is -0.243. The maximum absolute atomic E-state index is 10.1. The van der Waals surface area contributed by atoms with Gasteiger partial charge in [-0.1, -0.05) is 32.9 Å². The molecule has 3 atom stereocenters. The van der Waals surface area contributed by atoms with Crippen molar-refractivity contribution in [2.24, 2.45) is 0 Å². The molecule has 1 N–H and O–H groups in total. The lowest BCUT2D eigenvalue weighted by Gasteiger charge is -2.38. The second kappa shape index (κ2) is 7.11. The van der Waals surface area contributed by atoms with E-state index in [1.165, 1.54) is 0 Å². The molecule has 22 heavy (non-hydrogen) atoms. The molecular formula is C16H30O5Si. The normalized spacial score (nSPS) is 30.9. The van der Waals surface area contributed by atoms with Crippen LogP contribution in [0.1, 0.15) is 27.2 Å². The first-order valence-corrected chi connectivity index (χ1v) is 11.0. The van der Waals surface area contributed by atoms with Crippen molar-refractivity contribution in [1.29, 1.82) is 0 Å². The van der Waals surface area contributed by atoms with Gasteiger partial charge in [0.25, 0.3) is 0 Å². The number of hydrogen-bond acceptors (Lipinski definition) is 5. The highest BCUT2D eigenvalue weighted by Gasteiger charge is 2.39. The minimum absolute atomic E-state index is 0.0977. The molecule has 2 heterocycles. The van der Waals surface area contributed by atoms with E-state index >= 15 is 0 Å². The smallest absolute Gasteiger partial charge is 0.192 e. The van der Waals surface area contributed by atoms with Gasteiger partial charge < -0.3 is 23.7 Å². The molecule has 0 bridgehead atoms. The topological polar surface area (TPSA) is 57.2 Å². The maximum Gasteiger partial charge on any atom is 0.192 e. The third-order valence-electron chi connectivity index (χ3n) is 4.78. The predicted octanol–water partition coefficient (Wildman–Crippen LogP) is 2.46. The molecule has 0 aromatic heterocycles. The zero-order valence-corrected chi connectivity index (χ0v) is 15.4. The van der Waals surface area contributed by atoms with E-state index in [2.05, 4.69) is 33.9 Å². The fourth-order valence-electron chi connectivity index (χ4n) is 2.22. The van der Waals surface area contributed by atoms with Gasteiger partial charge >= 0.3 is 0 Å².